The van der Waals surface area contributed by atoms with Gasteiger partial charge in [0.25, 0.3) is 11.8 Å². The maximum atomic E-state index is 12.9. The first-order valence-corrected chi connectivity index (χ1v) is 9.60. The van der Waals surface area contributed by atoms with Crippen LogP contribution in [0.1, 0.15) is 21.5 Å². The van der Waals surface area contributed by atoms with Crippen molar-refractivity contribution in [3.63, 3.8) is 0 Å². The molecule has 0 atom stereocenters. The van der Waals surface area contributed by atoms with Crippen LogP contribution in [0.25, 0.3) is 0 Å². The molecule has 160 valence electrons. The van der Waals surface area contributed by atoms with Gasteiger partial charge in [0.05, 0.1) is 7.11 Å². The third-order valence-electron chi connectivity index (χ3n) is 4.54. The minimum absolute atomic E-state index is 0.276. The molecule has 7 heteroatoms. The summed E-state index contributed by atoms with van der Waals surface area (Å²) < 4.78 is 23.8. The monoisotopic (exact) mass is 422 g/mol. The fraction of sp³-hybridized carbons (Fsp3) is 0.167. The Morgan fingerprint density at radius 1 is 0.903 bits per heavy atom. The molecule has 0 fully saturated rings. The van der Waals surface area contributed by atoms with E-state index in [9.17, 15) is 14.0 Å². The Morgan fingerprint density at radius 2 is 1.65 bits per heavy atom. The van der Waals surface area contributed by atoms with Gasteiger partial charge in [-0.2, -0.15) is 0 Å². The van der Waals surface area contributed by atoms with Gasteiger partial charge in [-0.1, -0.05) is 17.7 Å². The van der Waals surface area contributed by atoms with E-state index in [2.05, 4.69) is 10.6 Å². The van der Waals surface area contributed by atoms with E-state index in [1.165, 1.54) is 31.4 Å². The number of benzene rings is 3. The standard InChI is InChI=1S/C24H23FN2O4/c1-15-4-10-20(16(2)12-15)27-24(29)17-5-11-21(22(13-17)30-3)31-14-23(28)26-19-8-6-18(25)7-9-19/h4-13H,14H2,1-3H3,(H,26,28)(H,27,29). The Morgan fingerprint density at radius 3 is 2.32 bits per heavy atom. The molecule has 3 aromatic carbocycles. The largest absolute Gasteiger partial charge is 0.493 e. The lowest BCUT2D eigenvalue weighted by Crippen LogP contribution is -2.20. The van der Waals surface area contributed by atoms with E-state index in [1.807, 2.05) is 32.0 Å². The number of halogens is 1. The van der Waals surface area contributed by atoms with Crippen molar-refractivity contribution in [2.24, 2.45) is 0 Å². The van der Waals surface area contributed by atoms with Gasteiger partial charge in [-0.3, -0.25) is 9.59 Å². The Labute approximate surface area is 180 Å². The normalized spacial score (nSPS) is 10.3. The number of nitrogens with one attached hydrogen (secondary N) is 2. The van der Waals surface area contributed by atoms with E-state index in [-0.39, 0.29) is 18.3 Å². The zero-order chi connectivity index (χ0) is 22.4. The number of aryl methyl sites for hydroxylation is 2. The van der Waals surface area contributed by atoms with Gasteiger partial charge in [0.15, 0.2) is 18.1 Å². The van der Waals surface area contributed by atoms with Crippen LogP contribution >= 0.6 is 0 Å². The molecule has 2 N–H and O–H groups in total. The molecule has 6 nitrogen and oxygen atoms in total. The first-order valence-electron chi connectivity index (χ1n) is 9.60. The van der Waals surface area contributed by atoms with Crippen LogP contribution in [0.2, 0.25) is 0 Å². The lowest BCUT2D eigenvalue weighted by atomic mass is 10.1. The maximum Gasteiger partial charge on any atom is 0.262 e. The fourth-order valence-corrected chi connectivity index (χ4v) is 2.95. The molecule has 0 heterocycles. The minimum Gasteiger partial charge on any atom is -0.493 e. The second-order valence-electron chi connectivity index (χ2n) is 6.98. The van der Waals surface area contributed by atoms with Gasteiger partial charge in [0.1, 0.15) is 5.82 Å². The van der Waals surface area contributed by atoms with Crippen molar-refractivity contribution in [2.45, 2.75) is 13.8 Å². The first-order chi connectivity index (χ1) is 14.9. The summed E-state index contributed by atoms with van der Waals surface area (Å²) in [5.74, 6) is -0.445. The number of rotatable bonds is 7. The van der Waals surface area contributed by atoms with E-state index >= 15 is 0 Å². The van der Waals surface area contributed by atoms with Crippen molar-refractivity contribution in [2.75, 3.05) is 24.4 Å². The summed E-state index contributed by atoms with van der Waals surface area (Å²) in [5, 5.41) is 5.49. The maximum absolute atomic E-state index is 12.9. The molecule has 0 saturated carbocycles. The molecule has 31 heavy (non-hydrogen) atoms. The Bertz CT molecular complexity index is 1100. The van der Waals surface area contributed by atoms with Crippen molar-refractivity contribution >= 4 is 23.2 Å². The number of hydrogen-bond donors (Lipinski definition) is 2. The highest BCUT2D eigenvalue weighted by Gasteiger charge is 2.14. The second kappa shape index (κ2) is 9.75. The van der Waals surface area contributed by atoms with Gasteiger partial charge in [-0.25, -0.2) is 4.39 Å². The quantitative estimate of drug-likeness (QED) is 0.578. The third kappa shape index (κ3) is 5.82. The van der Waals surface area contributed by atoms with Crippen molar-refractivity contribution < 1.29 is 23.5 Å². The Kier molecular flexibility index (Phi) is 6.87. The number of hydrogen-bond acceptors (Lipinski definition) is 4. The van der Waals surface area contributed by atoms with Crippen molar-refractivity contribution in [3.05, 3.63) is 83.2 Å². The van der Waals surface area contributed by atoms with Gasteiger partial charge in [-0.05, 0) is 67.9 Å². The lowest BCUT2D eigenvalue weighted by Gasteiger charge is -2.13. The predicted molar refractivity (Wildman–Crippen MR) is 117 cm³/mol. The number of amides is 2. The molecule has 0 aromatic heterocycles. The first kappa shape index (κ1) is 21.8. The molecule has 0 saturated heterocycles. The van der Waals surface area contributed by atoms with E-state index in [0.29, 0.717) is 22.7 Å². The highest BCUT2D eigenvalue weighted by atomic mass is 19.1. The summed E-state index contributed by atoms with van der Waals surface area (Å²) in [5.41, 5.74) is 3.65. The molecule has 0 aliphatic carbocycles. The molecular formula is C24H23FN2O4. The Balaban J connectivity index is 1.64. The van der Waals surface area contributed by atoms with Crippen LogP contribution in [0.3, 0.4) is 0 Å². The molecule has 0 spiro atoms. The van der Waals surface area contributed by atoms with E-state index in [1.54, 1.807) is 18.2 Å². The van der Waals surface area contributed by atoms with Crippen molar-refractivity contribution in [1.29, 1.82) is 0 Å². The summed E-state index contributed by atoms with van der Waals surface area (Å²) in [7, 11) is 1.45. The molecular weight excluding hydrogens is 399 g/mol. The number of methoxy groups -OCH3 is 1. The summed E-state index contributed by atoms with van der Waals surface area (Å²) in [4.78, 5) is 24.7. The van der Waals surface area contributed by atoms with Crippen LogP contribution in [-0.4, -0.2) is 25.5 Å². The topological polar surface area (TPSA) is 76.7 Å². The van der Waals surface area contributed by atoms with Gasteiger partial charge in [0, 0.05) is 16.9 Å². The average molecular weight is 422 g/mol. The Hall–Kier alpha value is -3.87. The summed E-state index contributed by atoms with van der Waals surface area (Å²) in [6.07, 6.45) is 0. The molecule has 0 bridgehead atoms. The van der Waals surface area contributed by atoms with Crippen LogP contribution < -0.4 is 20.1 Å². The van der Waals surface area contributed by atoms with Crippen LogP contribution in [0.4, 0.5) is 15.8 Å². The zero-order valence-electron chi connectivity index (χ0n) is 17.5. The number of carbonyl (C=O) groups excluding carboxylic acids is 2. The summed E-state index contributed by atoms with van der Waals surface area (Å²) in [6.45, 7) is 3.64. The van der Waals surface area contributed by atoms with Crippen LogP contribution in [0.15, 0.2) is 60.7 Å². The number of anilines is 2. The highest BCUT2D eigenvalue weighted by Crippen LogP contribution is 2.29. The molecule has 2 amide bonds. The van der Waals surface area contributed by atoms with Gasteiger partial charge in [-0.15, -0.1) is 0 Å². The fourth-order valence-electron chi connectivity index (χ4n) is 2.95. The number of ether oxygens (including phenoxy) is 2. The van der Waals surface area contributed by atoms with Gasteiger partial charge in [0.2, 0.25) is 0 Å². The SMILES string of the molecule is COc1cc(C(=O)Nc2ccc(C)cc2C)ccc1OCC(=O)Nc1ccc(F)cc1. The smallest absolute Gasteiger partial charge is 0.262 e. The van der Waals surface area contributed by atoms with Crippen LogP contribution in [0.5, 0.6) is 11.5 Å². The molecule has 0 radical (unpaired) electrons. The zero-order valence-corrected chi connectivity index (χ0v) is 17.5. The van der Waals surface area contributed by atoms with E-state index in [0.717, 1.165) is 16.8 Å². The summed E-state index contributed by atoms with van der Waals surface area (Å²) >= 11 is 0. The lowest BCUT2D eigenvalue weighted by molar-refractivity contribution is -0.118. The summed E-state index contributed by atoms with van der Waals surface area (Å²) in [6, 6.07) is 15.9. The molecule has 0 aliphatic heterocycles. The average Bonchev–Trinajstić information content (AvgIpc) is 2.75. The van der Waals surface area contributed by atoms with Crippen molar-refractivity contribution in [3.8, 4) is 11.5 Å². The van der Waals surface area contributed by atoms with Crippen molar-refractivity contribution in [1.82, 2.24) is 0 Å². The van der Waals surface area contributed by atoms with Crippen LogP contribution in [-0.2, 0) is 4.79 Å². The second-order valence-corrected chi connectivity index (χ2v) is 6.98. The predicted octanol–water partition coefficient (Wildman–Crippen LogP) is 4.72. The minimum atomic E-state index is -0.412. The highest BCUT2D eigenvalue weighted by molar-refractivity contribution is 6.05. The third-order valence-corrected chi connectivity index (χ3v) is 4.54. The molecule has 0 aliphatic rings. The van der Waals surface area contributed by atoms with E-state index < -0.39 is 5.91 Å². The van der Waals surface area contributed by atoms with Crippen LogP contribution in [0, 0.1) is 19.7 Å². The van der Waals surface area contributed by atoms with Gasteiger partial charge >= 0.3 is 0 Å². The van der Waals surface area contributed by atoms with Gasteiger partial charge < -0.3 is 20.1 Å². The number of carbonyl (C=O) groups is 2. The molecule has 0 unspecified atom stereocenters. The molecule has 3 rings (SSSR count). The molecule has 3 aromatic rings. The van der Waals surface area contributed by atoms with E-state index in [4.69, 9.17) is 9.47 Å².